The van der Waals surface area contributed by atoms with Crippen molar-refractivity contribution in [3.8, 4) is 11.5 Å². The number of benzene rings is 1. The number of nitrogens with one attached hydrogen (secondary N) is 1. The van der Waals surface area contributed by atoms with E-state index >= 15 is 0 Å². The number of nitrogens with two attached hydrogens (primary N) is 1. The fourth-order valence-corrected chi connectivity index (χ4v) is 2.56. The summed E-state index contributed by atoms with van der Waals surface area (Å²) in [6.07, 6.45) is 0. The molecule has 0 aliphatic heterocycles. The molecule has 2 rings (SSSR count). The lowest BCUT2D eigenvalue weighted by Gasteiger charge is -2.11. The Morgan fingerprint density at radius 1 is 1.43 bits per heavy atom. The minimum atomic E-state index is -0.243. The van der Waals surface area contributed by atoms with E-state index in [1.165, 1.54) is 0 Å². The van der Waals surface area contributed by atoms with Crippen molar-refractivity contribution in [2.75, 3.05) is 24.8 Å². The number of hydrogen-bond acceptors (Lipinski definition) is 6. The van der Waals surface area contributed by atoms with E-state index in [1.807, 2.05) is 6.92 Å². The van der Waals surface area contributed by atoms with E-state index in [4.69, 9.17) is 15.2 Å². The van der Waals surface area contributed by atoms with Crippen LogP contribution in [-0.4, -0.2) is 24.6 Å². The topological polar surface area (TPSA) is 86.5 Å². The van der Waals surface area contributed by atoms with Crippen LogP contribution in [0.3, 0.4) is 0 Å². The maximum absolute atomic E-state index is 12.2. The Morgan fingerprint density at radius 3 is 2.76 bits per heavy atom. The SMILES string of the molecule is CCOc1ccc(NC(=O)c2sc(N)nc2C)cc1OC. The summed E-state index contributed by atoms with van der Waals surface area (Å²) in [4.78, 5) is 16.7. The number of nitrogen functional groups attached to an aromatic ring is 1. The van der Waals surface area contributed by atoms with Crippen molar-refractivity contribution in [2.24, 2.45) is 0 Å². The van der Waals surface area contributed by atoms with Gasteiger partial charge in [-0.05, 0) is 26.0 Å². The van der Waals surface area contributed by atoms with Crippen LogP contribution in [0.1, 0.15) is 22.3 Å². The monoisotopic (exact) mass is 307 g/mol. The van der Waals surface area contributed by atoms with Crippen LogP contribution >= 0.6 is 11.3 Å². The summed E-state index contributed by atoms with van der Waals surface area (Å²) in [5, 5.41) is 3.17. The molecule has 0 saturated heterocycles. The number of amides is 1. The minimum Gasteiger partial charge on any atom is -0.493 e. The second-order valence-electron chi connectivity index (χ2n) is 4.22. The molecule has 0 aliphatic carbocycles. The number of aryl methyl sites for hydroxylation is 1. The molecule has 0 unspecified atom stereocenters. The first-order valence-corrected chi connectivity index (χ1v) is 7.22. The Bertz CT molecular complexity index is 655. The fourth-order valence-electron chi connectivity index (χ4n) is 1.84. The number of ether oxygens (including phenoxy) is 2. The zero-order chi connectivity index (χ0) is 15.4. The molecule has 0 saturated carbocycles. The van der Waals surface area contributed by atoms with Gasteiger partial charge in [0.2, 0.25) is 0 Å². The highest BCUT2D eigenvalue weighted by molar-refractivity contribution is 7.17. The molecular weight excluding hydrogens is 290 g/mol. The molecule has 0 fully saturated rings. The Labute approximate surface area is 126 Å². The van der Waals surface area contributed by atoms with Crippen LogP contribution in [-0.2, 0) is 0 Å². The van der Waals surface area contributed by atoms with Gasteiger partial charge in [-0.2, -0.15) is 0 Å². The van der Waals surface area contributed by atoms with Gasteiger partial charge in [0, 0.05) is 11.8 Å². The summed E-state index contributed by atoms with van der Waals surface area (Å²) in [7, 11) is 1.55. The molecule has 3 N–H and O–H groups in total. The highest BCUT2D eigenvalue weighted by Crippen LogP contribution is 2.30. The maximum atomic E-state index is 12.2. The molecule has 0 radical (unpaired) electrons. The highest BCUT2D eigenvalue weighted by Gasteiger charge is 2.15. The third kappa shape index (κ3) is 3.43. The molecule has 21 heavy (non-hydrogen) atoms. The second kappa shape index (κ2) is 6.45. The molecule has 7 heteroatoms. The van der Waals surface area contributed by atoms with Crippen molar-refractivity contribution in [2.45, 2.75) is 13.8 Å². The third-order valence-electron chi connectivity index (χ3n) is 2.74. The molecule has 1 aromatic heterocycles. The molecule has 2 aromatic rings. The van der Waals surface area contributed by atoms with Crippen LogP contribution in [0.5, 0.6) is 11.5 Å². The van der Waals surface area contributed by atoms with Gasteiger partial charge in [0.05, 0.1) is 19.4 Å². The van der Waals surface area contributed by atoms with Gasteiger partial charge in [-0.15, -0.1) is 0 Å². The number of nitrogens with zero attached hydrogens (tertiary/aromatic N) is 1. The van der Waals surface area contributed by atoms with E-state index in [1.54, 1.807) is 32.2 Å². The maximum Gasteiger partial charge on any atom is 0.267 e. The first kappa shape index (κ1) is 15.1. The quantitative estimate of drug-likeness (QED) is 0.887. The summed E-state index contributed by atoms with van der Waals surface area (Å²) in [5.74, 6) is 0.958. The molecule has 1 amide bonds. The van der Waals surface area contributed by atoms with Crippen LogP contribution in [0.2, 0.25) is 0 Å². The summed E-state index contributed by atoms with van der Waals surface area (Å²) in [6, 6.07) is 5.22. The Morgan fingerprint density at radius 2 is 2.19 bits per heavy atom. The van der Waals surface area contributed by atoms with E-state index in [0.717, 1.165) is 11.3 Å². The highest BCUT2D eigenvalue weighted by atomic mass is 32.1. The number of aromatic nitrogens is 1. The lowest BCUT2D eigenvalue weighted by atomic mass is 10.2. The van der Waals surface area contributed by atoms with Gasteiger partial charge in [0.25, 0.3) is 5.91 Å². The van der Waals surface area contributed by atoms with Crippen LogP contribution in [0, 0.1) is 6.92 Å². The van der Waals surface area contributed by atoms with Gasteiger partial charge in [-0.3, -0.25) is 4.79 Å². The number of hydrogen-bond donors (Lipinski definition) is 2. The van der Waals surface area contributed by atoms with Crippen molar-refractivity contribution in [3.63, 3.8) is 0 Å². The molecule has 6 nitrogen and oxygen atoms in total. The molecule has 0 atom stereocenters. The predicted octanol–water partition coefficient (Wildman–Crippen LogP) is 2.69. The summed E-state index contributed by atoms with van der Waals surface area (Å²) in [6.45, 7) is 4.19. The molecule has 1 aromatic carbocycles. The first-order valence-electron chi connectivity index (χ1n) is 6.40. The van der Waals surface area contributed by atoms with Crippen molar-refractivity contribution >= 4 is 28.1 Å². The normalized spacial score (nSPS) is 10.2. The molecule has 1 heterocycles. The van der Waals surface area contributed by atoms with Crippen LogP contribution in [0.4, 0.5) is 10.8 Å². The Kier molecular flexibility index (Phi) is 4.64. The average molecular weight is 307 g/mol. The standard InChI is InChI=1S/C14H17N3O3S/c1-4-20-10-6-5-9(7-11(10)19-3)17-13(18)12-8(2)16-14(15)21-12/h5-7H,4H2,1-3H3,(H2,15,16)(H,17,18). The smallest absolute Gasteiger partial charge is 0.267 e. The van der Waals surface area contributed by atoms with Gasteiger partial charge in [0.1, 0.15) is 4.88 Å². The van der Waals surface area contributed by atoms with Gasteiger partial charge < -0.3 is 20.5 Å². The Hall–Kier alpha value is -2.28. The summed E-state index contributed by atoms with van der Waals surface area (Å²) in [5.41, 5.74) is 6.84. The summed E-state index contributed by atoms with van der Waals surface area (Å²) < 4.78 is 10.7. The number of thiazole rings is 1. The molecule has 0 bridgehead atoms. The third-order valence-corrected chi connectivity index (χ3v) is 3.73. The van der Waals surface area contributed by atoms with Crippen LogP contribution < -0.4 is 20.5 Å². The largest absolute Gasteiger partial charge is 0.493 e. The Balaban J connectivity index is 2.19. The lowest BCUT2D eigenvalue weighted by Crippen LogP contribution is -2.11. The molecule has 112 valence electrons. The van der Waals surface area contributed by atoms with Gasteiger partial charge in [-0.25, -0.2) is 4.98 Å². The molecule has 0 spiro atoms. The lowest BCUT2D eigenvalue weighted by molar-refractivity contribution is 0.103. The second-order valence-corrected chi connectivity index (χ2v) is 5.25. The first-order chi connectivity index (χ1) is 10.0. The number of carbonyl (C=O) groups excluding carboxylic acids is 1. The van der Waals surface area contributed by atoms with Crippen molar-refractivity contribution in [3.05, 3.63) is 28.8 Å². The van der Waals surface area contributed by atoms with Crippen molar-refractivity contribution in [1.82, 2.24) is 4.98 Å². The van der Waals surface area contributed by atoms with E-state index in [-0.39, 0.29) is 5.91 Å². The van der Waals surface area contributed by atoms with Crippen LogP contribution in [0.25, 0.3) is 0 Å². The molecular formula is C14H17N3O3S. The number of anilines is 2. The van der Waals surface area contributed by atoms with E-state index < -0.39 is 0 Å². The molecule has 0 aliphatic rings. The zero-order valence-corrected chi connectivity index (χ0v) is 12.9. The van der Waals surface area contributed by atoms with Gasteiger partial charge in [0.15, 0.2) is 16.6 Å². The number of rotatable bonds is 5. The fraction of sp³-hybridized carbons (Fsp3) is 0.286. The van der Waals surface area contributed by atoms with E-state index in [2.05, 4.69) is 10.3 Å². The van der Waals surface area contributed by atoms with E-state index in [9.17, 15) is 4.79 Å². The van der Waals surface area contributed by atoms with Crippen molar-refractivity contribution < 1.29 is 14.3 Å². The zero-order valence-electron chi connectivity index (χ0n) is 12.1. The van der Waals surface area contributed by atoms with Gasteiger partial charge in [-0.1, -0.05) is 11.3 Å². The van der Waals surface area contributed by atoms with Crippen molar-refractivity contribution in [1.29, 1.82) is 0 Å². The number of methoxy groups -OCH3 is 1. The van der Waals surface area contributed by atoms with Gasteiger partial charge >= 0.3 is 0 Å². The number of carbonyl (C=O) groups is 1. The minimum absolute atomic E-state index is 0.243. The van der Waals surface area contributed by atoms with Crippen LogP contribution in [0.15, 0.2) is 18.2 Å². The van der Waals surface area contributed by atoms with E-state index in [0.29, 0.717) is 39.5 Å². The predicted molar refractivity (Wildman–Crippen MR) is 83.4 cm³/mol. The summed E-state index contributed by atoms with van der Waals surface area (Å²) >= 11 is 1.16. The average Bonchev–Trinajstić information content (AvgIpc) is 2.79.